The first kappa shape index (κ1) is 17.0. The zero-order chi connectivity index (χ0) is 17.3. The number of aryl methyl sites for hydroxylation is 1. The summed E-state index contributed by atoms with van der Waals surface area (Å²) in [5, 5.41) is 2.02. The lowest BCUT2D eigenvalue weighted by atomic mass is 10.1. The van der Waals surface area contributed by atoms with Crippen molar-refractivity contribution < 1.29 is 13.2 Å². The van der Waals surface area contributed by atoms with Crippen LogP contribution in [0.25, 0.3) is 0 Å². The summed E-state index contributed by atoms with van der Waals surface area (Å²) in [6, 6.07) is 8.86. The lowest BCUT2D eigenvalue weighted by Gasteiger charge is -2.19. The van der Waals surface area contributed by atoms with E-state index in [0.29, 0.717) is 30.8 Å². The predicted octanol–water partition coefficient (Wildman–Crippen LogP) is 2.87. The first-order chi connectivity index (χ1) is 11.4. The Morgan fingerprint density at radius 2 is 1.96 bits per heavy atom. The van der Waals surface area contributed by atoms with Crippen LogP contribution in [0.1, 0.15) is 27.2 Å². The fourth-order valence-electron chi connectivity index (χ4n) is 2.77. The molecule has 0 atom stereocenters. The van der Waals surface area contributed by atoms with Crippen LogP contribution in [0.15, 0.2) is 35.7 Å². The molecule has 1 aliphatic rings. The number of hydrogen-bond donors (Lipinski definition) is 0. The van der Waals surface area contributed by atoms with Crippen LogP contribution >= 0.6 is 11.3 Å². The van der Waals surface area contributed by atoms with Gasteiger partial charge in [0.05, 0.1) is 18.0 Å². The Kier molecular flexibility index (Phi) is 4.64. The number of rotatable bonds is 4. The molecule has 1 saturated heterocycles. The maximum Gasteiger partial charge on any atom is 0.253 e. The molecule has 7 heteroatoms. The van der Waals surface area contributed by atoms with Gasteiger partial charge in [0.2, 0.25) is 10.0 Å². The Morgan fingerprint density at radius 1 is 1.25 bits per heavy atom. The number of thiophene rings is 1. The van der Waals surface area contributed by atoms with Crippen LogP contribution in [0.4, 0.5) is 5.69 Å². The van der Waals surface area contributed by atoms with Gasteiger partial charge < -0.3 is 4.90 Å². The zero-order valence-electron chi connectivity index (χ0n) is 13.7. The van der Waals surface area contributed by atoms with Gasteiger partial charge in [-0.1, -0.05) is 0 Å². The van der Waals surface area contributed by atoms with Crippen LogP contribution in [0.2, 0.25) is 0 Å². The average Bonchev–Trinajstić information content (AvgIpc) is 3.12. The summed E-state index contributed by atoms with van der Waals surface area (Å²) in [5.41, 5.74) is 2.38. The van der Waals surface area contributed by atoms with Gasteiger partial charge in [0, 0.05) is 24.0 Å². The highest BCUT2D eigenvalue weighted by atomic mass is 32.2. The molecule has 1 fully saturated rings. The summed E-state index contributed by atoms with van der Waals surface area (Å²) >= 11 is 1.64. The fourth-order valence-corrected chi connectivity index (χ4v) is 5.30. The number of nitrogens with zero attached hydrogens (tertiary/aromatic N) is 2. The fraction of sp³-hybridized carbons (Fsp3) is 0.353. The number of benzene rings is 1. The topological polar surface area (TPSA) is 57.7 Å². The first-order valence-corrected chi connectivity index (χ1v) is 10.3. The SMILES string of the molecule is Cc1ccsc1CN(C)C(=O)c1ccc(N2CCCS2(=O)=O)cc1. The summed E-state index contributed by atoms with van der Waals surface area (Å²) in [4.78, 5) is 15.4. The van der Waals surface area contributed by atoms with E-state index in [1.807, 2.05) is 18.4 Å². The van der Waals surface area contributed by atoms with E-state index >= 15 is 0 Å². The van der Waals surface area contributed by atoms with Crippen LogP contribution in [0.5, 0.6) is 0 Å². The Balaban J connectivity index is 1.73. The van der Waals surface area contributed by atoms with Gasteiger partial charge in [-0.3, -0.25) is 9.10 Å². The van der Waals surface area contributed by atoms with Gasteiger partial charge in [0.25, 0.3) is 5.91 Å². The minimum absolute atomic E-state index is 0.0707. The number of hydrogen-bond acceptors (Lipinski definition) is 4. The summed E-state index contributed by atoms with van der Waals surface area (Å²) in [5.74, 6) is 0.120. The smallest absolute Gasteiger partial charge is 0.253 e. The van der Waals surface area contributed by atoms with Gasteiger partial charge >= 0.3 is 0 Å². The van der Waals surface area contributed by atoms with Gasteiger partial charge in [-0.15, -0.1) is 11.3 Å². The molecule has 0 unspecified atom stereocenters. The molecule has 1 aromatic heterocycles. The molecular weight excluding hydrogens is 344 g/mol. The van der Waals surface area contributed by atoms with Crippen molar-refractivity contribution in [3.05, 3.63) is 51.7 Å². The van der Waals surface area contributed by atoms with E-state index in [2.05, 4.69) is 0 Å². The van der Waals surface area contributed by atoms with Crippen LogP contribution in [-0.4, -0.2) is 38.6 Å². The van der Waals surface area contributed by atoms with E-state index < -0.39 is 10.0 Å². The Hall–Kier alpha value is -1.86. The molecule has 0 spiro atoms. The summed E-state index contributed by atoms with van der Waals surface area (Å²) in [6.45, 7) is 3.12. The molecule has 2 heterocycles. The van der Waals surface area contributed by atoms with Crippen molar-refractivity contribution in [2.45, 2.75) is 19.9 Å². The second kappa shape index (κ2) is 6.57. The molecule has 24 heavy (non-hydrogen) atoms. The van der Waals surface area contributed by atoms with E-state index in [1.165, 1.54) is 14.7 Å². The lowest BCUT2D eigenvalue weighted by Crippen LogP contribution is -2.27. The van der Waals surface area contributed by atoms with E-state index in [4.69, 9.17) is 0 Å². The minimum atomic E-state index is -3.19. The van der Waals surface area contributed by atoms with Crippen molar-refractivity contribution >= 4 is 33.0 Å². The molecule has 3 rings (SSSR count). The normalized spacial score (nSPS) is 16.3. The molecule has 0 bridgehead atoms. The molecule has 1 amide bonds. The third-order valence-electron chi connectivity index (χ3n) is 4.20. The molecule has 1 aromatic carbocycles. The maximum atomic E-state index is 12.5. The maximum absolute atomic E-state index is 12.5. The number of carbonyl (C=O) groups is 1. The monoisotopic (exact) mass is 364 g/mol. The van der Waals surface area contributed by atoms with E-state index in [9.17, 15) is 13.2 Å². The highest BCUT2D eigenvalue weighted by molar-refractivity contribution is 7.93. The van der Waals surface area contributed by atoms with Crippen LogP contribution in [0, 0.1) is 6.92 Å². The Morgan fingerprint density at radius 3 is 2.50 bits per heavy atom. The third-order valence-corrected chi connectivity index (χ3v) is 7.07. The van der Waals surface area contributed by atoms with Crippen molar-refractivity contribution in [2.75, 3.05) is 23.7 Å². The second-order valence-corrected chi connectivity index (χ2v) is 8.99. The van der Waals surface area contributed by atoms with Crippen LogP contribution in [0.3, 0.4) is 0 Å². The van der Waals surface area contributed by atoms with Crippen molar-refractivity contribution in [1.29, 1.82) is 0 Å². The number of anilines is 1. The van der Waals surface area contributed by atoms with Gasteiger partial charge in [0.1, 0.15) is 0 Å². The molecule has 5 nitrogen and oxygen atoms in total. The number of carbonyl (C=O) groups excluding carboxylic acids is 1. The Bertz CT molecular complexity index is 841. The first-order valence-electron chi connectivity index (χ1n) is 7.77. The molecule has 2 aromatic rings. The van der Waals surface area contributed by atoms with Crippen molar-refractivity contribution in [3.63, 3.8) is 0 Å². The molecule has 0 saturated carbocycles. The van der Waals surface area contributed by atoms with Crippen LogP contribution in [-0.2, 0) is 16.6 Å². The number of amides is 1. The highest BCUT2D eigenvalue weighted by Crippen LogP contribution is 2.25. The molecule has 0 N–H and O–H groups in total. The van der Waals surface area contributed by atoms with E-state index in [-0.39, 0.29) is 11.7 Å². The quantitative estimate of drug-likeness (QED) is 0.838. The van der Waals surface area contributed by atoms with Gasteiger partial charge in [-0.05, 0) is 54.6 Å². The summed E-state index contributed by atoms with van der Waals surface area (Å²) in [7, 11) is -1.41. The zero-order valence-corrected chi connectivity index (χ0v) is 15.4. The minimum Gasteiger partial charge on any atom is -0.337 e. The standard InChI is InChI=1S/C17H20N2O3S2/c1-13-8-10-23-16(13)12-18(2)17(20)14-4-6-15(7-5-14)19-9-3-11-24(19,21)22/h4-8,10H,3,9,11-12H2,1-2H3. The molecule has 0 radical (unpaired) electrons. The van der Waals surface area contributed by atoms with Crippen molar-refractivity contribution in [3.8, 4) is 0 Å². The summed E-state index contributed by atoms with van der Waals surface area (Å²) < 4.78 is 25.3. The van der Waals surface area contributed by atoms with Gasteiger partial charge in [-0.25, -0.2) is 8.42 Å². The lowest BCUT2D eigenvalue weighted by molar-refractivity contribution is 0.0786. The number of sulfonamides is 1. The summed E-state index contributed by atoms with van der Waals surface area (Å²) in [6.07, 6.45) is 0.645. The Labute approximate surface area is 146 Å². The third kappa shape index (κ3) is 3.32. The van der Waals surface area contributed by atoms with E-state index in [0.717, 1.165) is 0 Å². The molecule has 1 aliphatic heterocycles. The van der Waals surface area contributed by atoms with Crippen molar-refractivity contribution in [1.82, 2.24) is 4.90 Å². The van der Waals surface area contributed by atoms with Gasteiger partial charge in [0.15, 0.2) is 0 Å². The predicted molar refractivity (Wildman–Crippen MR) is 97.0 cm³/mol. The average molecular weight is 364 g/mol. The highest BCUT2D eigenvalue weighted by Gasteiger charge is 2.28. The molecular formula is C17H20N2O3S2. The largest absolute Gasteiger partial charge is 0.337 e. The van der Waals surface area contributed by atoms with E-state index in [1.54, 1.807) is 47.5 Å². The van der Waals surface area contributed by atoms with Gasteiger partial charge in [-0.2, -0.15) is 0 Å². The molecule has 128 valence electrons. The molecule has 0 aliphatic carbocycles. The van der Waals surface area contributed by atoms with Crippen LogP contribution < -0.4 is 4.31 Å². The second-order valence-electron chi connectivity index (χ2n) is 5.98. The van der Waals surface area contributed by atoms with Crippen molar-refractivity contribution in [2.24, 2.45) is 0 Å².